The number of benzene rings is 1. The number of amides is 1. The number of hydrogen-bond acceptors (Lipinski definition) is 8. The molecule has 0 atom stereocenters. The van der Waals surface area contributed by atoms with Gasteiger partial charge < -0.3 is 15.8 Å². The fourth-order valence-corrected chi connectivity index (χ4v) is 7.78. The summed E-state index contributed by atoms with van der Waals surface area (Å²) in [7, 11) is -3.90. The second-order valence-electron chi connectivity index (χ2n) is 11.6. The zero-order valence-corrected chi connectivity index (χ0v) is 25.8. The third kappa shape index (κ3) is 7.93. The van der Waals surface area contributed by atoms with Gasteiger partial charge in [-0.3, -0.25) is 4.98 Å². The molecule has 0 saturated heterocycles. The summed E-state index contributed by atoms with van der Waals surface area (Å²) in [5, 5.41) is 3.93. The zero-order valence-electron chi connectivity index (χ0n) is 24.2. The van der Waals surface area contributed by atoms with Gasteiger partial charge in [-0.1, -0.05) is 18.2 Å². The molecule has 4 N–H and O–H groups in total. The van der Waals surface area contributed by atoms with Crippen LogP contribution in [0.15, 0.2) is 59.9 Å². The number of nitrogens with zero attached hydrogens (tertiary/aromatic N) is 2. The molecule has 220 valence electrons. The number of nitrogens with two attached hydrogens (primary N) is 1. The van der Waals surface area contributed by atoms with E-state index >= 15 is 0 Å². The van der Waals surface area contributed by atoms with Crippen molar-refractivity contribution in [1.29, 1.82) is 0 Å². The third-order valence-electron chi connectivity index (χ3n) is 6.66. The Bertz CT molecular complexity index is 1490. The molecule has 2 aromatic heterocycles. The molecule has 2 heterocycles. The van der Waals surface area contributed by atoms with Gasteiger partial charge in [-0.05, 0) is 84.1 Å². The summed E-state index contributed by atoms with van der Waals surface area (Å²) in [6.45, 7) is 9.09. The molecule has 1 fully saturated rings. The minimum absolute atomic E-state index is 0.0774. The minimum atomic E-state index is -3.90. The van der Waals surface area contributed by atoms with Gasteiger partial charge in [0, 0.05) is 47.2 Å². The highest BCUT2D eigenvalue weighted by atomic mass is 32.2. The van der Waals surface area contributed by atoms with E-state index in [-0.39, 0.29) is 29.1 Å². The molecule has 1 saturated carbocycles. The van der Waals surface area contributed by atoms with Crippen molar-refractivity contribution in [3.05, 3.63) is 71.3 Å². The molecule has 1 amide bonds. The zero-order chi connectivity index (χ0) is 29.8. The summed E-state index contributed by atoms with van der Waals surface area (Å²) in [5.41, 5.74) is 7.83. The first-order chi connectivity index (χ1) is 19.4. The maximum absolute atomic E-state index is 13.7. The van der Waals surface area contributed by atoms with Crippen LogP contribution in [0.4, 0.5) is 4.79 Å². The molecule has 4 rings (SSSR count). The van der Waals surface area contributed by atoms with E-state index in [0.717, 1.165) is 35.6 Å². The van der Waals surface area contributed by atoms with Crippen molar-refractivity contribution in [2.75, 3.05) is 0 Å². The number of thiazole rings is 1. The lowest BCUT2D eigenvalue weighted by atomic mass is 9.86. The molecular formula is C30H39N5O4S2. The Labute approximate surface area is 246 Å². The second-order valence-corrected chi connectivity index (χ2v) is 14.3. The SMILES string of the molecule is CC(C)OC(=O)NC1CCC(c2ncc(-c3ccc(C(=CN)c4ccccn4)cc3S(=O)(=O)NC(C)(C)C)s2)CC1. The first-order valence-electron chi connectivity index (χ1n) is 13.8. The number of hydrogen-bond donors (Lipinski definition) is 3. The Morgan fingerprint density at radius 3 is 2.46 bits per heavy atom. The number of pyridine rings is 1. The normalized spacial score (nSPS) is 18.3. The summed E-state index contributed by atoms with van der Waals surface area (Å²) in [5.74, 6) is 0.246. The predicted molar refractivity (Wildman–Crippen MR) is 163 cm³/mol. The Hall–Kier alpha value is -3.28. The van der Waals surface area contributed by atoms with Crippen molar-refractivity contribution in [1.82, 2.24) is 20.0 Å². The Morgan fingerprint density at radius 2 is 1.85 bits per heavy atom. The second kappa shape index (κ2) is 12.7. The van der Waals surface area contributed by atoms with E-state index in [0.29, 0.717) is 22.4 Å². The Balaban J connectivity index is 1.62. The summed E-state index contributed by atoms with van der Waals surface area (Å²) < 4.78 is 35.4. The predicted octanol–water partition coefficient (Wildman–Crippen LogP) is 5.79. The minimum Gasteiger partial charge on any atom is -0.447 e. The van der Waals surface area contributed by atoms with Crippen molar-refractivity contribution in [3.8, 4) is 10.4 Å². The number of carbonyl (C=O) groups is 1. The lowest BCUT2D eigenvalue weighted by molar-refractivity contribution is 0.109. The molecule has 1 aromatic carbocycles. The highest BCUT2D eigenvalue weighted by molar-refractivity contribution is 7.89. The number of carbonyl (C=O) groups excluding carboxylic acids is 1. The van der Waals surface area contributed by atoms with Gasteiger partial charge in [0.2, 0.25) is 10.0 Å². The number of alkyl carbamates (subject to hydrolysis) is 1. The molecule has 0 spiro atoms. The lowest BCUT2D eigenvalue weighted by Gasteiger charge is -2.28. The number of sulfonamides is 1. The monoisotopic (exact) mass is 597 g/mol. The van der Waals surface area contributed by atoms with Gasteiger partial charge in [-0.15, -0.1) is 11.3 Å². The van der Waals surface area contributed by atoms with Gasteiger partial charge in [-0.2, -0.15) is 0 Å². The fourth-order valence-electron chi connectivity index (χ4n) is 4.93. The Morgan fingerprint density at radius 1 is 1.12 bits per heavy atom. The van der Waals surface area contributed by atoms with Crippen LogP contribution in [0.25, 0.3) is 16.0 Å². The van der Waals surface area contributed by atoms with Crippen molar-refractivity contribution in [2.24, 2.45) is 5.73 Å². The van der Waals surface area contributed by atoms with Crippen molar-refractivity contribution >= 4 is 33.0 Å². The van der Waals surface area contributed by atoms with E-state index in [2.05, 4.69) is 15.0 Å². The van der Waals surface area contributed by atoms with Gasteiger partial charge in [0.25, 0.3) is 0 Å². The van der Waals surface area contributed by atoms with E-state index in [4.69, 9.17) is 15.5 Å². The maximum Gasteiger partial charge on any atom is 0.407 e. The summed E-state index contributed by atoms with van der Waals surface area (Å²) >= 11 is 1.51. The molecule has 0 aliphatic heterocycles. The van der Waals surface area contributed by atoms with Crippen LogP contribution in [-0.4, -0.2) is 42.2 Å². The van der Waals surface area contributed by atoms with Gasteiger partial charge in [0.15, 0.2) is 0 Å². The molecule has 3 aromatic rings. The van der Waals surface area contributed by atoms with Crippen LogP contribution >= 0.6 is 11.3 Å². The standard InChI is InChI=1S/C30H39N5O4S2/c1-19(2)39-29(36)34-22-12-9-20(10-13-22)28-33-18-26(40-28)23-14-11-21(24(17-31)25-8-6-7-15-32-25)16-27(23)41(37,38)35-30(3,4)5/h6-8,11,14-20,22,35H,9-10,12-13,31H2,1-5H3,(H,34,36). The molecule has 0 unspecified atom stereocenters. The van der Waals surface area contributed by atoms with E-state index in [1.807, 2.05) is 65.0 Å². The molecule has 41 heavy (non-hydrogen) atoms. The van der Waals surface area contributed by atoms with Crippen LogP contribution in [0.2, 0.25) is 0 Å². The van der Waals surface area contributed by atoms with Crippen LogP contribution < -0.4 is 15.8 Å². The first kappa shape index (κ1) is 30.7. The summed E-state index contributed by atoms with van der Waals surface area (Å²) in [6, 6.07) is 10.9. The van der Waals surface area contributed by atoms with Gasteiger partial charge >= 0.3 is 6.09 Å². The average molecular weight is 598 g/mol. The van der Waals surface area contributed by atoms with Crippen LogP contribution in [0.1, 0.15) is 82.5 Å². The topological polar surface area (TPSA) is 136 Å². The van der Waals surface area contributed by atoms with Crippen molar-refractivity contribution < 1.29 is 17.9 Å². The number of aromatic nitrogens is 2. The van der Waals surface area contributed by atoms with E-state index < -0.39 is 15.6 Å². The molecular weight excluding hydrogens is 558 g/mol. The van der Waals surface area contributed by atoms with Crippen LogP contribution in [0, 0.1) is 0 Å². The van der Waals surface area contributed by atoms with Crippen molar-refractivity contribution in [3.63, 3.8) is 0 Å². The average Bonchev–Trinajstić information content (AvgIpc) is 3.38. The fraction of sp³-hybridized carbons (Fsp3) is 0.433. The summed E-state index contributed by atoms with van der Waals surface area (Å²) in [4.78, 5) is 22.0. The molecule has 11 heteroatoms. The highest BCUT2D eigenvalue weighted by Gasteiger charge is 2.29. The first-order valence-corrected chi connectivity index (χ1v) is 16.1. The number of rotatable bonds is 8. The number of ether oxygens (including phenoxy) is 1. The lowest BCUT2D eigenvalue weighted by Crippen LogP contribution is -2.40. The largest absolute Gasteiger partial charge is 0.447 e. The quantitative estimate of drug-likeness (QED) is 0.299. The van der Waals surface area contributed by atoms with Gasteiger partial charge in [-0.25, -0.2) is 22.9 Å². The van der Waals surface area contributed by atoms with E-state index in [1.54, 1.807) is 18.5 Å². The van der Waals surface area contributed by atoms with Crippen LogP contribution in [-0.2, 0) is 14.8 Å². The number of nitrogens with one attached hydrogen (secondary N) is 2. The molecule has 9 nitrogen and oxygen atoms in total. The molecule has 0 radical (unpaired) electrons. The van der Waals surface area contributed by atoms with Crippen LogP contribution in [0.5, 0.6) is 0 Å². The molecule has 1 aliphatic rings. The van der Waals surface area contributed by atoms with Crippen LogP contribution in [0.3, 0.4) is 0 Å². The highest BCUT2D eigenvalue weighted by Crippen LogP contribution is 2.40. The third-order valence-corrected chi connectivity index (χ3v) is 9.65. The van der Waals surface area contributed by atoms with Gasteiger partial charge in [0.05, 0.1) is 26.6 Å². The molecule has 0 bridgehead atoms. The maximum atomic E-state index is 13.7. The van der Waals surface area contributed by atoms with Crippen molar-refractivity contribution in [2.45, 2.75) is 88.8 Å². The van der Waals surface area contributed by atoms with Gasteiger partial charge in [0.1, 0.15) is 0 Å². The van der Waals surface area contributed by atoms with E-state index in [1.165, 1.54) is 17.5 Å². The molecule has 1 aliphatic carbocycles. The summed E-state index contributed by atoms with van der Waals surface area (Å²) in [6.07, 6.45) is 7.76. The van der Waals surface area contributed by atoms with E-state index in [9.17, 15) is 13.2 Å². The smallest absolute Gasteiger partial charge is 0.407 e. The Kier molecular flexibility index (Phi) is 9.51.